The first kappa shape index (κ1) is 12.4. The standard InChI is InChI=1S/C16H19NO3/c1-19-13-3-2-12-5-7-17-6-4-11-10-20-15(18)8-14(11)16(12,17)9-13/h2,8,10,13H,3-7,9H2,1H3/t13-,16-/m0/s1. The molecule has 1 aromatic heterocycles. The Balaban J connectivity index is 1.94. The van der Waals surface area contributed by atoms with Gasteiger partial charge in [0.25, 0.3) is 0 Å². The van der Waals surface area contributed by atoms with Crippen molar-refractivity contribution in [3.63, 3.8) is 0 Å². The Bertz CT molecular complexity index is 633. The Morgan fingerprint density at radius 2 is 2.25 bits per heavy atom. The molecule has 1 spiro atoms. The number of ether oxygens (including phenoxy) is 1. The predicted molar refractivity (Wildman–Crippen MR) is 74.7 cm³/mol. The summed E-state index contributed by atoms with van der Waals surface area (Å²) < 4.78 is 10.7. The molecule has 1 saturated heterocycles. The van der Waals surface area contributed by atoms with E-state index >= 15 is 0 Å². The molecule has 1 fully saturated rings. The van der Waals surface area contributed by atoms with Crippen LogP contribution in [0.4, 0.5) is 0 Å². The van der Waals surface area contributed by atoms with Crippen molar-refractivity contribution < 1.29 is 9.15 Å². The van der Waals surface area contributed by atoms with Crippen LogP contribution < -0.4 is 5.63 Å². The average molecular weight is 273 g/mol. The molecule has 3 aliphatic rings. The van der Waals surface area contributed by atoms with Crippen molar-refractivity contribution in [1.29, 1.82) is 0 Å². The molecule has 2 aliphatic heterocycles. The normalized spacial score (nSPS) is 32.2. The second-order valence-corrected chi connectivity index (χ2v) is 6.01. The summed E-state index contributed by atoms with van der Waals surface area (Å²) in [7, 11) is 1.78. The maximum Gasteiger partial charge on any atom is 0.335 e. The maximum atomic E-state index is 11.7. The summed E-state index contributed by atoms with van der Waals surface area (Å²) in [6.45, 7) is 2.12. The first-order valence-electron chi connectivity index (χ1n) is 7.33. The number of hydrogen-bond donors (Lipinski definition) is 0. The summed E-state index contributed by atoms with van der Waals surface area (Å²) in [4.78, 5) is 14.2. The van der Waals surface area contributed by atoms with Gasteiger partial charge in [0.1, 0.15) is 0 Å². The van der Waals surface area contributed by atoms with E-state index in [1.54, 1.807) is 19.4 Å². The minimum Gasteiger partial charge on any atom is -0.431 e. The quantitative estimate of drug-likeness (QED) is 0.732. The third-order valence-corrected chi connectivity index (χ3v) is 5.23. The second-order valence-electron chi connectivity index (χ2n) is 6.01. The molecule has 0 bridgehead atoms. The fourth-order valence-corrected chi connectivity index (χ4v) is 4.28. The molecule has 2 atom stereocenters. The van der Waals surface area contributed by atoms with Gasteiger partial charge in [-0.2, -0.15) is 0 Å². The molecule has 0 amide bonds. The predicted octanol–water partition coefficient (Wildman–Crippen LogP) is 1.83. The Labute approximate surface area is 118 Å². The number of rotatable bonds is 1. The third-order valence-electron chi connectivity index (χ3n) is 5.23. The van der Waals surface area contributed by atoms with Gasteiger partial charge in [-0.1, -0.05) is 6.08 Å². The zero-order chi connectivity index (χ0) is 13.7. The van der Waals surface area contributed by atoms with Gasteiger partial charge < -0.3 is 9.15 Å². The highest BCUT2D eigenvalue weighted by molar-refractivity contribution is 5.45. The van der Waals surface area contributed by atoms with Crippen molar-refractivity contribution in [1.82, 2.24) is 4.90 Å². The van der Waals surface area contributed by atoms with Crippen molar-refractivity contribution >= 4 is 0 Å². The molecule has 1 aliphatic carbocycles. The molecule has 106 valence electrons. The summed E-state index contributed by atoms with van der Waals surface area (Å²) >= 11 is 0. The van der Waals surface area contributed by atoms with Gasteiger partial charge in [0.2, 0.25) is 0 Å². The first-order valence-corrected chi connectivity index (χ1v) is 7.33. The monoisotopic (exact) mass is 273 g/mol. The van der Waals surface area contributed by atoms with E-state index in [-0.39, 0.29) is 17.3 Å². The average Bonchev–Trinajstić information content (AvgIpc) is 2.86. The van der Waals surface area contributed by atoms with Crippen LogP contribution in [0.5, 0.6) is 0 Å². The third kappa shape index (κ3) is 1.52. The highest BCUT2D eigenvalue weighted by Gasteiger charge is 2.51. The summed E-state index contributed by atoms with van der Waals surface area (Å²) in [5.74, 6) is 0. The Morgan fingerprint density at radius 3 is 3.10 bits per heavy atom. The molecule has 4 nitrogen and oxygen atoms in total. The largest absolute Gasteiger partial charge is 0.431 e. The summed E-state index contributed by atoms with van der Waals surface area (Å²) in [5.41, 5.74) is 3.46. The van der Waals surface area contributed by atoms with Crippen molar-refractivity contribution in [3.05, 3.63) is 45.5 Å². The summed E-state index contributed by atoms with van der Waals surface area (Å²) in [6, 6.07) is 1.71. The molecular weight excluding hydrogens is 254 g/mol. The molecule has 3 heterocycles. The van der Waals surface area contributed by atoms with E-state index in [4.69, 9.17) is 9.15 Å². The van der Waals surface area contributed by atoms with Crippen LogP contribution in [0, 0.1) is 0 Å². The molecule has 0 saturated carbocycles. The lowest BCUT2D eigenvalue weighted by Crippen LogP contribution is -2.50. The van der Waals surface area contributed by atoms with E-state index < -0.39 is 0 Å². The van der Waals surface area contributed by atoms with Gasteiger partial charge >= 0.3 is 5.63 Å². The SMILES string of the molecule is CO[C@H]1CC=C2CCN3CCc4coc(=O)cc4[C@]23C1. The Morgan fingerprint density at radius 1 is 1.40 bits per heavy atom. The highest BCUT2D eigenvalue weighted by Crippen LogP contribution is 2.52. The van der Waals surface area contributed by atoms with Crippen LogP contribution in [-0.2, 0) is 16.7 Å². The van der Waals surface area contributed by atoms with Crippen LogP contribution in [0.2, 0.25) is 0 Å². The van der Waals surface area contributed by atoms with Gasteiger partial charge in [-0.15, -0.1) is 0 Å². The zero-order valence-electron chi connectivity index (χ0n) is 11.7. The lowest BCUT2D eigenvalue weighted by molar-refractivity contribution is 0.0286. The van der Waals surface area contributed by atoms with E-state index in [2.05, 4.69) is 11.0 Å². The number of hydrogen-bond acceptors (Lipinski definition) is 4. The molecule has 4 heteroatoms. The van der Waals surface area contributed by atoms with Crippen LogP contribution in [0.3, 0.4) is 0 Å². The lowest BCUT2D eigenvalue weighted by Gasteiger charge is -2.47. The van der Waals surface area contributed by atoms with Gasteiger partial charge in [0.05, 0.1) is 17.9 Å². The highest BCUT2D eigenvalue weighted by atomic mass is 16.5. The summed E-state index contributed by atoms with van der Waals surface area (Å²) in [6.07, 6.45) is 8.24. The van der Waals surface area contributed by atoms with Gasteiger partial charge in [-0.3, -0.25) is 4.90 Å². The minimum atomic E-state index is -0.245. The van der Waals surface area contributed by atoms with E-state index in [1.807, 2.05) is 0 Å². The summed E-state index contributed by atoms with van der Waals surface area (Å²) in [5, 5.41) is 0. The van der Waals surface area contributed by atoms with E-state index in [1.165, 1.54) is 11.1 Å². The molecule has 0 N–H and O–H groups in total. The zero-order valence-corrected chi connectivity index (χ0v) is 11.7. The molecule has 1 aromatic rings. The molecule has 0 aromatic carbocycles. The van der Waals surface area contributed by atoms with Gasteiger partial charge in [-0.25, -0.2) is 4.79 Å². The van der Waals surface area contributed by atoms with Crippen LogP contribution in [0.1, 0.15) is 30.4 Å². The maximum absolute atomic E-state index is 11.7. The molecule has 4 rings (SSSR count). The van der Waals surface area contributed by atoms with Crippen molar-refractivity contribution in [2.45, 2.75) is 37.3 Å². The van der Waals surface area contributed by atoms with E-state index in [0.29, 0.717) is 0 Å². The fourth-order valence-electron chi connectivity index (χ4n) is 4.28. The molecule has 0 unspecified atom stereocenters. The molecule has 0 radical (unpaired) electrons. The van der Waals surface area contributed by atoms with E-state index in [0.717, 1.165) is 44.3 Å². The Hall–Kier alpha value is -1.39. The van der Waals surface area contributed by atoms with Gasteiger partial charge in [-0.05, 0) is 36.0 Å². The molecular formula is C16H19NO3. The van der Waals surface area contributed by atoms with Crippen LogP contribution in [0.15, 0.2) is 33.2 Å². The molecule has 20 heavy (non-hydrogen) atoms. The van der Waals surface area contributed by atoms with Gasteiger partial charge in [0.15, 0.2) is 0 Å². The smallest absolute Gasteiger partial charge is 0.335 e. The van der Waals surface area contributed by atoms with Crippen molar-refractivity contribution in [2.75, 3.05) is 20.2 Å². The van der Waals surface area contributed by atoms with Gasteiger partial charge in [0, 0.05) is 32.7 Å². The number of fused-ring (bicyclic) bond motifs is 1. The topological polar surface area (TPSA) is 42.7 Å². The second kappa shape index (κ2) is 4.30. The van der Waals surface area contributed by atoms with E-state index in [9.17, 15) is 4.79 Å². The van der Waals surface area contributed by atoms with Crippen LogP contribution in [-0.4, -0.2) is 31.2 Å². The van der Waals surface area contributed by atoms with Crippen LogP contribution in [0.25, 0.3) is 0 Å². The van der Waals surface area contributed by atoms with Crippen molar-refractivity contribution in [3.8, 4) is 0 Å². The van der Waals surface area contributed by atoms with Crippen LogP contribution >= 0.6 is 0 Å². The number of methoxy groups -OCH3 is 1. The first-order chi connectivity index (χ1) is 9.74. The lowest BCUT2D eigenvalue weighted by atomic mass is 9.71. The Kier molecular flexibility index (Phi) is 2.66. The minimum absolute atomic E-state index is 0.109. The van der Waals surface area contributed by atoms with Crippen molar-refractivity contribution in [2.24, 2.45) is 0 Å². The number of nitrogens with zero attached hydrogens (tertiary/aromatic N) is 1. The fraction of sp³-hybridized carbons (Fsp3) is 0.562.